The van der Waals surface area contributed by atoms with Crippen LogP contribution in [0, 0.1) is 11.8 Å². The zero-order valence-corrected chi connectivity index (χ0v) is 16.5. The summed E-state index contributed by atoms with van der Waals surface area (Å²) >= 11 is 0. The van der Waals surface area contributed by atoms with Crippen molar-refractivity contribution in [2.24, 2.45) is 11.8 Å². The minimum Gasteiger partial charge on any atom is -0.347 e. The summed E-state index contributed by atoms with van der Waals surface area (Å²) in [5.74, 6) is 1.48. The van der Waals surface area contributed by atoms with E-state index in [0.717, 1.165) is 22.4 Å². The molecule has 3 atom stereocenters. The molecular formula is C22H24N6O. The number of hydrogen-bond acceptors (Lipinski definition) is 5. The minimum absolute atomic E-state index is 0.0143. The number of aromatic nitrogens is 4. The predicted molar refractivity (Wildman–Crippen MR) is 111 cm³/mol. The van der Waals surface area contributed by atoms with E-state index in [1.807, 2.05) is 23.4 Å². The van der Waals surface area contributed by atoms with Gasteiger partial charge in [-0.25, -0.2) is 9.97 Å². The SMILES string of the molecule is CC(=O)N1c2ccc(-c3cn[nH]c3)cc2[C@H](Nc2ncccn2)[C@@H](C)[C@@H]1C1CC1. The number of fused-ring (bicyclic) bond motifs is 1. The largest absolute Gasteiger partial charge is 0.347 e. The van der Waals surface area contributed by atoms with Crippen LogP contribution in [-0.2, 0) is 4.79 Å². The number of aromatic amines is 1. The van der Waals surface area contributed by atoms with Crippen LogP contribution in [0.5, 0.6) is 0 Å². The van der Waals surface area contributed by atoms with Gasteiger partial charge in [0.05, 0.1) is 12.2 Å². The molecule has 1 aliphatic heterocycles. The van der Waals surface area contributed by atoms with Crippen LogP contribution in [0.25, 0.3) is 11.1 Å². The fourth-order valence-corrected chi connectivity index (χ4v) is 4.67. The number of hydrogen-bond donors (Lipinski definition) is 2. The Balaban J connectivity index is 1.64. The molecule has 0 saturated heterocycles. The van der Waals surface area contributed by atoms with Crippen LogP contribution in [0.1, 0.15) is 38.3 Å². The molecule has 5 rings (SSSR count). The summed E-state index contributed by atoms with van der Waals surface area (Å²) in [5.41, 5.74) is 4.16. The van der Waals surface area contributed by atoms with Crippen molar-refractivity contribution in [1.82, 2.24) is 20.2 Å². The summed E-state index contributed by atoms with van der Waals surface area (Å²) in [7, 11) is 0. The molecule has 0 radical (unpaired) electrons. The Morgan fingerprint density at radius 1 is 1.21 bits per heavy atom. The average Bonchev–Trinajstić information content (AvgIpc) is 3.42. The molecule has 0 unspecified atom stereocenters. The molecule has 2 aliphatic rings. The molecule has 29 heavy (non-hydrogen) atoms. The standard InChI is InChI=1S/C22H24N6O/c1-13-20(27-22-23-8-3-9-24-22)18-10-16(17-11-25-26-12-17)6-7-19(18)28(14(2)29)21(13)15-4-5-15/h3,6-13,15,20-21H,4-5H2,1-2H3,(H,25,26)(H,23,24,27)/t13-,20-,21-/m1/s1. The zero-order chi connectivity index (χ0) is 20.0. The van der Waals surface area contributed by atoms with Gasteiger partial charge in [0.2, 0.25) is 11.9 Å². The van der Waals surface area contributed by atoms with Crippen molar-refractivity contribution >= 4 is 17.5 Å². The number of benzene rings is 1. The maximum atomic E-state index is 12.7. The molecular weight excluding hydrogens is 364 g/mol. The molecule has 1 fully saturated rings. The zero-order valence-electron chi connectivity index (χ0n) is 16.5. The van der Waals surface area contributed by atoms with Crippen LogP contribution in [0.2, 0.25) is 0 Å². The van der Waals surface area contributed by atoms with Gasteiger partial charge in [-0.2, -0.15) is 5.10 Å². The van der Waals surface area contributed by atoms with Gasteiger partial charge in [-0.1, -0.05) is 13.0 Å². The van der Waals surface area contributed by atoms with E-state index in [1.54, 1.807) is 19.3 Å². The third-order valence-electron chi connectivity index (χ3n) is 6.11. The lowest BCUT2D eigenvalue weighted by Crippen LogP contribution is -2.51. The van der Waals surface area contributed by atoms with Crippen molar-refractivity contribution < 1.29 is 4.79 Å². The van der Waals surface area contributed by atoms with Crippen molar-refractivity contribution in [3.05, 3.63) is 54.6 Å². The highest BCUT2D eigenvalue weighted by Gasteiger charge is 2.47. The molecule has 7 heteroatoms. The number of rotatable bonds is 4. The molecule has 1 aromatic carbocycles. The van der Waals surface area contributed by atoms with Gasteiger partial charge in [-0.05, 0) is 48.1 Å². The van der Waals surface area contributed by atoms with Gasteiger partial charge in [0.15, 0.2) is 0 Å². The van der Waals surface area contributed by atoms with Crippen LogP contribution in [0.3, 0.4) is 0 Å². The molecule has 1 saturated carbocycles. The van der Waals surface area contributed by atoms with Crippen molar-refractivity contribution in [2.75, 3.05) is 10.2 Å². The van der Waals surface area contributed by atoms with E-state index in [4.69, 9.17) is 0 Å². The maximum Gasteiger partial charge on any atom is 0.224 e. The van der Waals surface area contributed by atoms with Crippen molar-refractivity contribution in [1.29, 1.82) is 0 Å². The maximum absolute atomic E-state index is 12.7. The Morgan fingerprint density at radius 2 is 2.00 bits per heavy atom. The van der Waals surface area contributed by atoms with Gasteiger partial charge in [-0.15, -0.1) is 0 Å². The fraction of sp³-hybridized carbons (Fsp3) is 0.364. The van der Waals surface area contributed by atoms with E-state index in [9.17, 15) is 4.79 Å². The van der Waals surface area contributed by atoms with Crippen molar-refractivity contribution in [3.8, 4) is 11.1 Å². The summed E-state index contributed by atoms with van der Waals surface area (Å²) < 4.78 is 0. The summed E-state index contributed by atoms with van der Waals surface area (Å²) in [5, 5.41) is 10.5. The third kappa shape index (κ3) is 3.16. The molecule has 0 spiro atoms. The Hall–Kier alpha value is -3.22. The summed E-state index contributed by atoms with van der Waals surface area (Å²) in [6.07, 6.45) is 9.53. The number of H-pyrrole nitrogens is 1. The highest BCUT2D eigenvalue weighted by atomic mass is 16.2. The van der Waals surface area contributed by atoms with Gasteiger partial charge in [0.1, 0.15) is 0 Å². The van der Waals surface area contributed by atoms with Gasteiger partial charge in [0.25, 0.3) is 0 Å². The number of nitrogens with zero attached hydrogens (tertiary/aromatic N) is 4. The first-order valence-corrected chi connectivity index (χ1v) is 10.1. The second kappa shape index (κ2) is 6.99. The van der Waals surface area contributed by atoms with Crippen molar-refractivity contribution in [3.63, 3.8) is 0 Å². The Labute approximate surface area is 169 Å². The summed E-state index contributed by atoms with van der Waals surface area (Å²) in [4.78, 5) is 23.5. The minimum atomic E-state index is 0.0143. The van der Waals surface area contributed by atoms with Gasteiger partial charge in [0, 0.05) is 48.7 Å². The first-order valence-electron chi connectivity index (χ1n) is 10.1. The molecule has 1 amide bonds. The molecule has 3 aromatic rings. The third-order valence-corrected chi connectivity index (χ3v) is 6.11. The normalized spacial score (nSPS) is 23.5. The first kappa shape index (κ1) is 17.8. The number of carbonyl (C=O) groups is 1. The lowest BCUT2D eigenvalue weighted by atomic mass is 9.79. The molecule has 3 heterocycles. The van der Waals surface area contributed by atoms with E-state index in [-0.39, 0.29) is 23.9 Å². The van der Waals surface area contributed by atoms with E-state index in [1.165, 1.54) is 12.8 Å². The van der Waals surface area contributed by atoms with E-state index in [2.05, 4.69) is 50.6 Å². The average molecular weight is 388 g/mol. The smallest absolute Gasteiger partial charge is 0.224 e. The topological polar surface area (TPSA) is 86.8 Å². The molecule has 0 bridgehead atoms. The molecule has 7 nitrogen and oxygen atoms in total. The first-order chi connectivity index (χ1) is 14.1. The van der Waals surface area contributed by atoms with Crippen LogP contribution < -0.4 is 10.2 Å². The monoisotopic (exact) mass is 388 g/mol. The van der Waals surface area contributed by atoms with E-state index < -0.39 is 0 Å². The van der Waals surface area contributed by atoms with Crippen molar-refractivity contribution in [2.45, 2.75) is 38.8 Å². The Bertz CT molecular complexity index is 1020. The number of nitrogens with one attached hydrogen (secondary N) is 2. The molecule has 2 N–H and O–H groups in total. The second-order valence-corrected chi connectivity index (χ2v) is 8.03. The highest BCUT2D eigenvalue weighted by molar-refractivity contribution is 5.94. The number of anilines is 2. The predicted octanol–water partition coefficient (Wildman–Crippen LogP) is 3.80. The number of amides is 1. The Morgan fingerprint density at radius 3 is 2.66 bits per heavy atom. The lowest BCUT2D eigenvalue weighted by molar-refractivity contribution is -0.117. The second-order valence-electron chi connectivity index (χ2n) is 8.03. The lowest BCUT2D eigenvalue weighted by Gasteiger charge is -2.45. The van der Waals surface area contributed by atoms with Crippen LogP contribution in [0.4, 0.5) is 11.6 Å². The summed E-state index contributed by atoms with van der Waals surface area (Å²) in [6.45, 7) is 3.90. The van der Waals surface area contributed by atoms with Crippen LogP contribution in [0.15, 0.2) is 49.1 Å². The van der Waals surface area contributed by atoms with Gasteiger partial charge < -0.3 is 10.2 Å². The van der Waals surface area contributed by atoms with E-state index >= 15 is 0 Å². The fourth-order valence-electron chi connectivity index (χ4n) is 4.67. The Kier molecular flexibility index (Phi) is 4.30. The summed E-state index contributed by atoms with van der Waals surface area (Å²) in [6, 6.07) is 8.30. The van der Waals surface area contributed by atoms with Gasteiger partial charge >= 0.3 is 0 Å². The van der Waals surface area contributed by atoms with Crippen LogP contribution in [-0.4, -0.2) is 32.1 Å². The van der Waals surface area contributed by atoms with E-state index in [0.29, 0.717) is 11.9 Å². The number of carbonyl (C=O) groups excluding carboxylic acids is 1. The highest BCUT2D eigenvalue weighted by Crippen LogP contribution is 2.50. The molecule has 1 aliphatic carbocycles. The van der Waals surface area contributed by atoms with Gasteiger partial charge in [-0.3, -0.25) is 9.89 Å². The van der Waals surface area contributed by atoms with Crippen LogP contribution >= 0.6 is 0 Å². The quantitative estimate of drug-likeness (QED) is 0.710. The molecule has 148 valence electrons. The molecule has 2 aromatic heterocycles.